The van der Waals surface area contributed by atoms with Gasteiger partial charge in [0.25, 0.3) is 0 Å². The molecule has 1 aromatic carbocycles. The maximum absolute atomic E-state index is 6.14. The number of aryl methyl sites for hydroxylation is 1. The van der Waals surface area contributed by atoms with Crippen LogP contribution in [0.1, 0.15) is 17.0 Å². The van der Waals surface area contributed by atoms with Gasteiger partial charge in [0.15, 0.2) is 0 Å². The number of pyridine rings is 1. The Kier molecular flexibility index (Phi) is 4.80. The quantitative estimate of drug-likeness (QED) is 0.919. The molecule has 0 aliphatic carbocycles. The van der Waals surface area contributed by atoms with E-state index in [2.05, 4.69) is 20.9 Å². The number of hydrogen-bond donors (Lipinski definition) is 1. The van der Waals surface area contributed by atoms with E-state index in [1.165, 1.54) is 0 Å². The van der Waals surface area contributed by atoms with Crippen LogP contribution in [0.4, 0.5) is 0 Å². The Labute approximate surface area is 125 Å². The molecule has 2 rings (SSSR count). The minimum absolute atomic E-state index is 0.352. The standard InChI is InChI=1S/C14H14BrClN2O/c1-9-2-5-14(13(7-17)18-9)19-8-10-3-4-11(15)6-12(10)16/h2-6H,7-8,17H2,1H3. The van der Waals surface area contributed by atoms with Crippen LogP contribution < -0.4 is 10.5 Å². The van der Waals surface area contributed by atoms with Gasteiger partial charge in [0.2, 0.25) is 0 Å². The van der Waals surface area contributed by atoms with E-state index in [1.54, 1.807) is 0 Å². The molecule has 0 saturated heterocycles. The van der Waals surface area contributed by atoms with Gasteiger partial charge in [-0.25, -0.2) is 0 Å². The summed E-state index contributed by atoms with van der Waals surface area (Å²) in [5.41, 5.74) is 8.27. The average molecular weight is 342 g/mol. The Bertz CT molecular complexity index is 590. The molecule has 5 heteroatoms. The van der Waals surface area contributed by atoms with Crippen molar-refractivity contribution in [3.63, 3.8) is 0 Å². The highest BCUT2D eigenvalue weighted by Gasteiger charge is 2.06. The molecule has 2 N–H and O–H groups in total. The van der Waals surface area contributed by atoms with Crippen molar-refractivity contribution in [2.75, 3.05) is 0 Å². The van der Waals surface area contributed by atoms with Crippen molar-refractivity contribution >= 4 is 27.5 Å². The van der Waals surface area contributed by atoms with Gasteiger partial charge < -0.3 is 10.5 Å². The van der Waals surface area contributed by atoms with Crippen LogP contribution in [0.3, 0.4) is 0 Å². The molecule has 19 heavy (non-hydrogen) atoms. The van der Waals surface area contributed by atoms with Crippen molar-refractivity contribution in [3.05, 3.63) is 56.8 Å². The smallest absolute Gasteiger partial charge is 0.142 e. The lowest BCUT2D eigenvalue weighted by Crippen LogP contribution is -2.06. The van der Waals surface area contributed by atoms with E-state index in [-0.39, 0.29) is 0 Å². The molecular weight excluding hydrogens is 328 g/mol. The molecule has 0 fully saturated rings. The first kappa shape index (κ1) is 14.3. The summed E-state index contributed by atoms with van der Waals surface area (Å²) in [6, 6.07) is 9.49. The van der Waals surface area contributed by atoms with Gasteiger partial charge in [0, 0.05) is 27.3 Å². The first-order chi connectivity index (χ1) is 9.10. The van der Waals surface area contributed by atoms with E-state index in [1.807, 2.05) is 37.3 Å². The molecule has 1 heterocycles. The van der Waals surface area contributed by atoms with Crippen LogP contribution >= 0.6 is 27.5 Å². The molecule has 0 bridgehead atoms. The molecule has 0 saturated carbocycles. The zero-order valence-electron chi connectivity index (χ0n) is 10.5. The van der Waals surface area contributed by atoms with Gasteiger partial charge in [-0.3, -0.25) is 4.98 Å². The summed E-state index contributed by atoms with van der Waals surface area (Å²) in [7, 11) is 0. The van der Waals surface area contributed by atoms with E-state index in [0.717, 1.165) is 21.4 Å². The van der Waals surface area contributed by atoms with E-state index < -0.39 is 0 Å². The molecule has 0 atom stereocenters. The number of aromatic nitrogens is 1. The van der Waals surface area contributed by atoms with Crippen molar-refractivity contribution in [1.82, 2.24) is 4.98 Å². The third kappa shape index (κ3) is 3.69. The van der Waals surface area contributed by atoms with Gasteiger partial charge in [-0.05, 0) is 31.2 Å². The largest absolute Gasteiger partial charge is 0.487 e. The summed E-state index contributed by atoms with van der Waals surface area (Å²) >= 11 is 9.52. The highest BCUT2D eigenvalue weighted by Crippen LogP contribution is 2.24. The fraction of sp³-hybridized carbons (Fsp3) is 0.214. The predicted octanol–water partition coefficient (Wildman–Crippen LogP) is 3.84. The highest BCUT2D eigenvalue weighted by molar-refractivity contribution is 9.10. The topological polar surface area (TPSA) is 48.1 Å². The zero-order valence-corrected chi connectivity index (χ0v) is 12.8. The van der Waals surface area contributed by atoms with Crippen LogP contribution in [0.15, 0.2) is 34.8 Å². The molecule has 2 aromatic rings. The minimum Gasteiger partial charge on any atom is -0.487 e. The van der Waals surface area contributed by atoms with E-state index in [0.29, 0.717) is 23.9 Å². The lowest BCUT2D eigenvalue weighted by molar-refractivity contribution is 0.301. The molecule has 0 unspecified atom stereocenters. The fourth-order valence-electron chi connectivity index (χ4n) is 1.67. The minimum atomic E-state index is 0.352. The second-order valence-electron chi connectivity index (χ2n) is 4.13. The molecular formula is C14H14BrClN2O. The Balaban J connectivity index is 2.14. The maximum Gasteiger partial charge on any atom is 0.142 e. The van der Waals surface area contributed by atoms with Crippen molar-refractivity contribution in [3.8, 4) is 5.75 Å². The third-order valence-electron chi connectivity index (χ3n) is 2.66. The summed E-state index contributed by atoms with van der Waals surface area (Å²) in [6.07, 6.45) is 0. The molecule has 0 amide bonds. The Hall–Kier alpha value is -1.10. The molecule has 1 aromatic heterocycles. The summed E-state index contributed by atoms with van der Waals surface area (Å²) in [6.45, 7) is 2.67. The van der Waals surface area contributed by atoms with Crippen LogP contribution in [0.5, 0.6) is 5.75 Å². The molecule has 0 aliphatic heterocycles. The Morgan fingerprint density at radius 1 is 1.32 bits per heavy atom. The van der Waals surface area contributed by atoms with E-state index in [4.69, 9.17) is 22.1 Å². The lowest BCUT2D eigenvalue weighted by Gasteiger charge is -2.11. The van der Waals surface area contributed by atoms with Gasteiger partial charge in [-0.15, -0.1) is 0 Å². The highest BCUT2D eigenvalue weighted by atomic mass is 79.9. The second-order valence-corrected chi connectivity index (χ2v) is 5.45. The van der Waals surface area contributed by atoms with Gasteiger partial charge >= 0.3 is 0 Å². The van der Waals surface area contributed by atoms with Crippen molar-refractivity contribution < 1.29 is 4.74 Å². The number of nitrogens with two attached hydrogens (primary N) is 1. The lowest BCUT2D eigenvalue weighted by atomic mass is 10.2. The first-order valence-corrected chi connectivity index (χ1v) is 7.00. The number of ether oxygens (including phenoxy) is 1. The molecule has 0 radical (unpaired) electrons. The summed E-state index contributed by atoms with van der Waals surface area (Å²) in [4.78, 5) is 4.35. The van der Waals surface area contributed by atoms with Gasteiger partial charge in [-0.1, -0.05) is 33.6 Å². The van der Waals surface area contributed by atoms with Crippen LogP contribution in [0.2, 0.25) is 5.02 Å². The SMILES string of the molecule is Cc1ccc(OCc2ccc(Br)cc2Cl)c(CN)n1. The van der Waals surface area contributed by atoms with Crippen LogP contribution in [0.25, 0.3) is 0 Å². The summed E-state index contributed by atoms with van der Waals surface area (Å²) in [5.74, 6) is 0.701. The Morgan fingerprint density at radius 2 is 2.11 bits per heavy atom. The number of rotatable bonds is 4. The van der Waals surface area contributed by atoms with Crippen molar-refractivity contribution in [1.29, 1.82) is 0 Å². The fourth-order valence-corrected chi connectivity index (χ4v) is 2.40. The molecule has 100 valence electrons. The van der Waals surface area contributed by atoms with E-state index in [9.17, 15) is 0 Å². The van der Waals surface area contributed by atoms with Gasteiger partial charge in [0.1, 0.15) is 12.4 Å². The van der Waals surface area contributed by atoms with Crippen molar-refractivity contribution in [2.24, 2.45) is 5.73 Å². The number of benzene rings is 1. The van der Waals surface area contributed by atoms with Crippen LogP contribution in [-0.2, 0) is 13.2 Å². The summed E-state index contributed by atoms with van der Waals surface area (Å²) < 4.78 is 6.69. The van der Waals surface area contributed by atoms with Gasteiger partial charge in [0.05, 0.1) is 5.69 Å². The third-order valence-corrected chi connectivity index (χ3v) is 3.51. The van der Waals surface area contributed by atoms with Crippen LogP contribution in [0, 0.1) is 6.92 Å². The molecule has 0 aliphatic rings. The normalized spacial score (nSPS) is 10.5. The predicted molar refractivity (Wildman–Crippen MR) is 80.3 cm³/mol. The van der Waals surface area contributed by atoms with Crippen LogP contribution in [-0.4, -0.2) is 4.98 Å². The number of nitrogens with zero attached hydrogens (tertiary/aromatic N) is 1. The number of hydrogen-bond acceptors (Lipinski definition) is 3. The maximum atomic E-state index is 6.14. The van der Waals surface area contributed by atoms with Gasteiger partial charge in [-0.2, -0.15) is 0 Å². The second kappa shape index (κ2) is 6.37. The molecule has 0 spiro atoms. The average Bonchev–Trinajstić information content (AvgIpc) is 2.39. The Morgan fingerprint density at radius 3 is 2.79 bits per heavy atom. The molecule has 3 nitrogen and oxygen atoms in total. The summed E-state index contributed by atoms with van der Waals surface area (Å²) in [5, 5.41) is 0.670. The first-order valence-electron chi connectivity index (χ1n) is 5.83. The monoisotopic (exact) mass is 340 g/mol. The zero-order chi connectivity index (χ0) is 13.8. The number of halogens is 2. The van der Waals surface area contributed by atoms with E-state index >= 15 is 0 Å². The van der Waals surface area contributed by atoms with Crippen molar-refractivity contribution in [2.45, 2.75) is 20.1 Å².